The fourth-order valence-electron chi connectivity index (χ4n) is 2.61. The van der Waals surface area contributed by atoms with Gasteiger partial charge in [-0.05, 0) is 23.3 Å². The largest absolute Gasteiger partial charge is 0.433 e. The van der Waals surface area contributed by atoms with Crippen molar-refractivity contribution in [2.45, 2.75) is 18.8 Å². The van der Waals surface area contributed by atoms with Crippen molar-refractivity contribution in [2.75, 3.05) is 19.7 Å². The van der Waals surface area contributed by atoms with E-state index < -0.39 is 17.8 Å². The van der Waals surface area contributed by atoms with Crippen molar-refractivity contribution < 1.29 is 22.7 Å². The lowest BCUT2D eigenvalue weighted by Gasteiger charge is -2.24. The Hall–Kier alpha value is -2.45. The van der Waals surface area contributed by atoms with Gasteiger partial charge in [-0.3, -0.25) is 9.78 Å². The number of nitrogens with one attached hydrogen (secondary N) is 2. The molecule has 5 nitrogen and oxygen atoms in total. The molecule has 1 fully saturated rings. The van der Waals surface area contributed by atoms with Crippen LogP contribution in [0.1, 0.15) is 33.3 Å². The number of hydrogen-bond acceptors (Lipinski definition) is 4. The van der Waals surface area contributed by atoms with Crippen LogP contribution in [0.25, 0.3) is 0 Å². The summed E-state index contributed by atoms with van der Waals surface area (Å²) in [5, 5.41) is 5.93. The fourth-order valence-corrected chi connectivity index (χ4v) is 2.61. The summed E-state index contributed by atoms with van der Waals surface area (Å²) in [6.07, 6.45) is -3.58. The number of carbonyl (C=O) groups excluding carboxylic acids is 1. The number of halogens is 3. The Bertz CT molecular complexity index is 740. The third-order valence-electron chi connectivity index (χ3n) is 4.05. The van der Waals surface area contributed by atoms with Gasteiger partial charge in [0, 0.05) is 25.8 Å². The molecular weight excluding hydrogens is 347 g/mol. The minimum atomic E-state index is -4.52. The van der Waals surface area contributed by atoms with Gasteiger partial charge < -0.3 is 15.4 Å². The molecule has 0 radical (unpaired) electrons. The summed E-state index contributed by atoms with van der Waals surface area (Å²) in [6, 6.07) is 9.57. The van der Waals surface area contributed by atoms with Crippen LogP contribution in [0, 0.1) is 0 Å². The lowest BCUT2D eigenvalue weighted by atomic mass is 10.1. The minimum absolute atomic E-state index is 0.0191. The van der Waals surface area contributed by atoms with Crippen LogP contribution in [-0.2, 0) is 17.5 Å². The molecule has 1 saturated heterocycles. The second kappa shape index (κ2) is 7.84. The van der Waals surface area contributed by atoms with Gasteiger partial charge in [-0.25, -0.2) is 0 Å². The molecule has 2 N–H and O–H groups in total. The number of pyridine rings is 1. The van der Waals surface area contributed by atoms with Gasteiger partial charge in [0.05, 0.1) is 18.3 Å². The molecule has 26 heavy (non-hydrogen) atoms. The van der Waals surface area contributed by atoms with Crippen molar-refractivity contribution in [1.29, 1.82) is 0 Å². The van der Waals surface area contributed by atoms with E-state index in [0.29, 0.717) is 6.61 Å². The van der Waals surface area contributed by atoms with Crippen molar-refractivity contribution in [1.82, 2.24) is 15.6 Å². The quantitative estimate of drug-likeness (QED) is 0.875. The first-order valence-corrected chi connectivity index (χ1v) is 8.16. The lowest BCUT2D eigenvalue weighted by molar-refractivity contribution is -0.141. The van der Waals surface area contributed by atoms with E-state index >= 15 is 0 Å². The van der Waals surface area contributed by atoms with Gasteiger partial charge in [-0.1, -0.05) is 24.3 Å². The molecule has 3 rings (SSSR count). The number of morpholine rings is 1. The number of hydrogen-bond donors (Lipinski definition) is 2. The molecule has 1 aromatic carbocycles. The second-order valence-corrected chi connectivity index (χ2v) is 5.92. The highest BCUT2D eigenvalue weighted by molar-refractivity contribution is 5.93. The van der Waals surface area contributed by atoms with Crippen LogP contribution in [0.5, 0.6) is 0 Å². The molecule has 8 heteroatoms. The highest BCUT2D eigenvalue weighted by Gasteiger charge is 2.32. The topological polar surface area (TPSA) is 63.2 Å². The number of rotatable bonds is 4. The summed E-state index contributed by atoms with van der Waals surface area (Å²) in [6.45, 7) is 2.55. The number of alkyl halides is 3. The maximum atomic E-state index is 12.5. The second-order valence-electron chi connectivity index (χ2n) is 5.92. The summed E-state index contributed by atoms with van der Waals surface area (Å²) in [7, 11) is 0. The van der Waals surface area contributed by atoms with Crippen LogP contribution >= 0.6 is 0 Å². The van der Waals surface area contributed by atoms with Gasteiger partial charge in [0.15, 0.2) is 0 Å². The molecule has 2 aromatic rings. The molecule has 0 spiro atoms. The highest BCUT2D eigenvalue weighted by Crippen LogP contribution is 2.27. The van der Waals surface area contributed by atoms with Crippen molar-refractivity contribution in [3.8, 4) is 0 Å². The maximum Gasteiger partial charge on any atom is 0.433 e. The number of benzene rings is 1. The van der Waals surface area contributed by atoms with E-state index in [1.54, 1.807) is 0 Å². The molecule has 1 aliphatic heterocycles. The van der Waals surface area contributed by atoms with E-state index in [-0.39, 0.29) is 18.2 Å². The van der Waals surface area contributed by atoms with Crippen molar-refractivity contribution in [2.24, 2.45) is 0 Å². The zero-order chi connectivity index (χ0) is 18.6. The van der Waals surface area contributed by atoms with Gasteiger partial charge in [0.1, 0.15) is 5.69 Å². The van der Waals surface area contributed by atoms with Crippen LogP contribution in [0.15, 0.2) is 42.6 Å². The van der Waals surface area contributed by atoms with Crippen LogP contribution < -0.4 is 10.6 Å². The number of amides is 1. The summed E-state index contributed by atoms with van der Waals surface area (Å²) in [5.41, 5.74) is 0.991. The summed E-state index contributed by atoms with van der Waals surface area (Å²) in [5.74, 6) is -0.477. The summed E-state index contributed by atoms with van der Waals surface area (Å²) in [4.78, 5) is 15.3. The average molecular weight is 365 g/mol. The number of aromatic nitrogens is 1. The highest BCUT2D eigenvalue weighted by atomic mass is 19.4. The van der Waals surface area contributed by atoms with E-state index in [0.717, 1.165) is 42.5 Å². The first-order chi connectivity index (χ1) is 12.4. The Morgan fingerprint density at radius 2 is 2.00 bits per heavy atom. The van der Waals surface area contributed by atoms with E-state index in [4.69, 9.17) is 4.74 Å². The molecule has 0 saturated carbocycles. The molecule has 1 amide bonds. The molecule has 1 aromatic heterocycles. The maximum absolute atomic E-state index is 12.5. The molecular formula is C18H18F3N3O2. The Morgan fingerprint density at radius 3 is 2.58 bits per heavy atom. The summed E-state index contributed by atoms with van der Waals surface area (Å²) < 4.78 is 43.1. The molecule has 0 aliphatic carbocycles. The minimum Gasteiger partial charge on any atom is -0.371 e. The molecule has 1 atom stereocenters. The van der Waals surface area contributed by atoms with Crippen molar-refractivity contribution in [3.05, 3.63) is 65.0 Å². The first kappa shape index (κ1) is 18.3. The Balaban J connectivity index is 1.55. The third kappa shape index (κ3) is 4.59. The van der Waals surface area contributed by atoms with E-state index in [1.165, 1.54) is 0 Å². The van der Waals surface area contributed by atoms with Gasteiger partial charge in [0.25, 0.3) is 5.91 Å². The zero-order valence-electron chi connectivity index (χ0n) is 13.8. The van der Waals surface area contributed by atoms with Crippen LogP contribution in [0.4, 0.5) is 13.2 Å². The van der Waals surface area contributed by atoms with Gasteiger partial charge >= 0.3 is 6.18 Å². The fraction of sp³-hybridized carbons (Fsp3) is 0.333. The Morgan fingerprint density at radius 1 is 1.23 bits per heavy atom. The SMILES string of the molecule is O=C(NCc1ccc([C@H]2CNCCO2)cc1)c1ccc(C(F)(F)F)nc1. The molecule has 2 heterocycles. The normalized spacial score (nSPS) is 17.7. The molecule has 0 unspecified atom stereocenters. The molecule has 0 bridgehead atoms. The van der Waals surface area contributed by atoms with Gasteiger partial charge in [0.2, 0.25) is 0 Å². The summed E-state index contributed by atoms with van der Waals surface area (Å²) >= 11 is 0. The first-order valence-electron chi connectivity index (χ1n) is 8.16. The third-order valence-corrected chi connectivity index (χ3v) is 4.05. The van der Waals surface area contributed by atoms with Crippen molar-refractivity contribution in [3.63, 3.8) is 0 Å². The van der Waals surface area contributed by atoms with E-state index in [9.17, 15) is 18.0 Å². The number of nitrogens with zero attached hydrogens (tertiary/aromatic N) is 1. The van der Waals surface area contributed by atoms with Crippen molar-refractivity contribution >= 4 is 5.91 Å². The predicted octanol–water partition coefficient (Wildman–Crippen LogP) is 2.69. The van der Waals surface area contributed by atoms with Gasteiger partial charge in [-0.2, -0.15) is 13.2 Å². The Kier molecular flexibility index (Phi) is 5.53. The standard InChI is InChI=1S/C18H18F3N3O2/c19-18(20,21)16-6-5-14(10-23-16)17(25)24-9-12-1-3-13(4-2-12)15-11-22-7-8-26-15/h1-6,10,15,22H,7-9,11H2,(H,24,25)/t15-/m1/s1. The molecule has 138 valence electrons. The van der Waals surface area contributed by atoms with Crippen LogP contribution in [0.2, 0.25) is 0 Å². The lowest BCUT2D eigenvalue weighted by Crippen LogP contribution is -2.33. The van der Waals surface area contributed by atoms with Gasteiger partial charge in [-0.15, -0.1) is 0 Å². The average Bonchev–Trinajstić information content (AvgIpc) is 2.66. The number of carbonyl (C=O) groups is 1. The smallest absolute Gasteiger partial charge is 0.371 e. The Labute approximate surface area is 148 Å². The number of ether oxygens (including phenoxy) is 1. The van der Waals surface area contributed by atoms with E-state index in [2.05, 4.69) is 15.6 Å². The van der Waals surface area contributed by atoms with Crippen LogP contribution in [0.3, 0.4) is 0 Å². The van der Waals surface area contributed by atoms with Crippen LogP contribution in [-0.4, -0.2) is 30.6 Å². The molecule has 1 aliphatic rings. The van der Waals surface area contributed by atoms with E-state index in [1.807, 2.05) is 24.3 Å². The zero-order valence-corrected chi connectivity index (χ0v) is 13.8. The monoisotopic (exact) mass is 365 g/mol. The predicted molar refractivity (Wildman–Crippen MR) is 88.4 cm³/mol.